The topological polar surface area (TPSA) is 76.2 Å². The largest absolute Gasteiger partial charge is 0.334 e. The molecule has 4 aromatic carbocycles. The van der Waals surface area contributed by atoms with E-state index in [0.29, 0.717) is 38.9 Å². The van der Waals surface area contributed by atoms with Crippen molar-refractivity contribution in [3.63, 3.8) is 0 Å². The predicted molar refractivity (Wildman–Crippen MR) is 189 cm³/mol. The molecule has 8 nitrogen and oxygen atoms in total. The van der Waals surface area contributed by atoms with E-state index in [1.165, 1.54) is 21.6 Å². The van der Waals surface area contributed by atoms with Gasteiger partial charge in [-0.15, -0.1) is 0 Å². The van der Waals surface area contributed by atoms with Gasteiger partial charge in [-0.1, -0.05) is 134 Å². The van der Waals surface area contributed by atoms with E-state index in [1.807, 2.05) is 74.6 Å². The minimum Gasteiger partial charge on any atom is -0.333 e. The maximum Gasteiger partial charge on any atom is 0.334 e. The molecule has 0 bridgehead atoms. The van der Waals surface area contributed by atoms with Crippen LogP contribution in [0.15, 0.2) is 121 Å². The van der Waals surface area contributed by atoms with Crippen molar-refractivity contribution in [3.05, 3.63) is 144 Å². The summed E-state index contributed by atoms with van der Waals surface area (Å²) in [5, 5.41) is 6.30. The highest BCUT2D eigenvalue weighted by Crippen LogP contribution is 2.28. The summed E-state index contributed by atoms with van der Waals surface area (Å²) in [5.74, 6) is 0.198. The number of nitrogens with zero attached hydrogens (tertiary/aromatic N) is 4. The van der Waals surface area contributed by atoms with Crippen molar-refractivity contribution in [1.29, 1.82) is 0 Å². The fourth-order valence-electron chi connectivity index (χ4n) is 5.32. The minimum absolute atomic E-state index is 0.112. The number of rotatable bonds is 16. The fourth-order valence-corrected chi connectivity index (χ4v) is 5.32. The van der Waals surface area contributed by atoms with Crippen molar-refractivity contribution in [2.24, 2.45) is 0 Å². The zero-order valence-electron chi connectivity index (χ0n) is 28.1. The summed E-state index contributed by atoms with van der Waals surface area (Å²) in [7, 11) is 3.79. The Labute approximate surface area is 280 Å². The monoisotopic (exact) mass is 635 g/mol. The van der Waals surface area contributed by atoms with Crippen LogP contribution in [0.25, 0.3) is 0 Å². The van der Waals surface area contributed by atoms with Gasteiger partial charge in [-0.05, 0) is 43.6 Å². The molecule has 4 aromatic rings. The number of benzene rings is 4. The van der Waals surface area contributed by atoms with E-state index in [0.717, 1.165) is 12.0 Å². The van der Waals surface area contributed by atoms with Crippen molar-refractivity contribution < 1.29 is 14.4 Å². The smallest absolute Gasteiger partial charge is 0.333 e. The average Bonchev–Trinajstić information content (AvgIpc) is 3.11. The highest BCUT2D eigenvalue weighted by atomic mass is 16.2. The zero-order chi connectivity index (χ0) is 33.9. The van der Waals surface area contributed by atoms with Crippen LogP contribution in [0.5, 0.6) is 0 Å². The molecule has 0 aliphatic rings. The number of hydrogen-bond donors (Lipinski definition) is 1. The molecule has 248 valence electrons. The number of aldehydes is 1. The summed E-state index contributed by atoms with van der Waals surface area (Å²) >= 11 is 0. The van der Waals surface area contributed by atoms with E-state index in [-0.39, 0.29) is 18.5 Å². The van der Waals surface area contributed by atoms with Crippen LogP contribution in [0.1, 0.15) is 41.5 Å². The van der Waals surface area contributed by atoms with Crippen LogP contribution in [0.3, 0.4) is 0 Å². The Kier molecular flexibility index (Phi) is 15.9. The van der Waals surface area contributed by atoms with Gasteiger partial charge in [0.05, 0.1) is 6.54 Å². The lowest BCUT2D eigenvalue weighted by Crippen LogP contribution is -2.62. The Morgan fingerprint density at radius 3 is 1.72 bits per heavy atom. The van der Waals surface area contributed by atoms with Crippen LogP contribution >= 0.6 is 0 Å². The first-order valence-electron chi connectivity index (χ1n) is 16.1. The molecule has 1 atom stereocenters. The summed E-state index contributed by atoms with van der Waals surface area (Å²) < 4.78 is 0. The molecular weight excluding hydrogens is 586 g/mol. The number of carbonyl (C=O) groups excluding carboxylic acids is 3. The Morgan fingerprint density at radius 1 is 0.766 bits per heavy atom. The van der Waals surface area contributed by atoms with Gasteiger partial charge in [0.2, 0.25) is 6.41 Å². The Hall–Kier alpha value is -4.79. The van der Waals surface area contributed by atoms with E-state index in [4.69, 9.17) is 0 Å². The van der Waals surface area contributed by atoms with Gasteiger partial charge in [-0.25, -0.2) is 14.8 Å². The first kappa shape index (κ1) is 36.7. The maximum atomic E-state index is 13.5. The number of aryl methyl sites for hydroxylation is 1. The number of nitrogens with one attached hydrogen (secondary N) is 1. The number of urea groups is 1. The molecule has 3 amide bonds. The molecule has 1 N–H and O–H groups in total. The van der Waals surface area contributed by atoms with Crippen molar-refractivity contribution in [3.8, 4) is 0 Å². The summed E-state index contributed by atoms with van der Waals surface area (Å²) in [6, 6.07) is 40.4. The number of carbonyl (C=O) groups is 3. The van der Waals surface area contributed by atoms with Gasteiger partial charge in [-0.3, -0.25) is 4.79 Å². The molecular formula is C39H49N5O3. The van der Waals surface area contributed by atoms with Crippen molar-refractivity contribution >= 4 is 18.7 Å². The van der Waals surface area contributed by atoms with E-state index in [1.54, 1.807) is 17.1 Å². The Bertz CT molecular complexity index is 1400. The number of hydrogen-bond acceptors (Lipinski definition) is 5. The molecule has 0 aliphatic carbocycles. The maximum absolute atomic E-state index is 13.5. The first-order valence-corrected chi connectivity index (χ1v) is 16.1. The number of amides is 3. The second-order valence-corrected chi connectivity index (χ2v) is 11.5. The first-order chi connectivity index (χ1) is 22.9. The molecule has 0 spiro atoms. The molecule has 0 fully saturated rings. The molecule has 0 heterocycles. The highest BCUT2D eigenvalue weighted by Gasteiger charge is 2.32. The summed E-state index contributed by atoms with van der Waals surface area (Å²) in [6.45, 7) is 5.88. The lowest BCUT2D eigenvalue weighted by atomic mass is 9.88. The van der Waals surface area contributed by atoms with Gasteiger partial charge in [0, 0.05) is 32.6 Å². The fraction of sp³-hybridized carbons (Fsp3) is 0.308. The third-order valence-electron chi connectivity index (χ3n) is 8.02. The third-order valence-corrected chi connectivity index (χ3v) is 8.02. The van der Waals surface area contributed by atoms with Gasteiger partial charge in [0.15, 0.2) is 0 Å². The van der Waals surface area contributed by atoms with Crippen molar-refractivity contribution in [2.75, 3.05) is 40.3 Å². The normalized spacial score (nSPS) is 11.4. The van der Waals surface area contributed by atoms with Crippen LogP contribution in [-0.4, -0.2) is 85.0 Å². The second kappa shape index (κ2) is 20.4. The van der Waals surface area contributed by atoms with Crippen LogP contribution in [0, 0.1) is 6.92 Å². The summed E-state index contributed by atoms with van der Waals surface area (Å²) in [4.78, 5) is 40.7. The zero-order valence-corrected chi connectivity index (χ0v) is 28.1. The molecule has 0 saturated heterocycles. The van der Waals surface area contributed by atoms with Gasteiger partial charge < -0.3 is 19.9 Å². The second-order valence-electron chi connectivity index (χ2n) is 11.5. The van der Waals surface area contributed by atoms with E-state index >= 15 is 0 Å². The summed E-state index contributed by atoms with van der Waals surface area (Å²) in [5.41, 5.74) is 4.77. The number of likely N-dealkylation sites (N-methyl/N-ethyl adjacent to an activating group) is 1. The third kappa shape index (κ3) is 12.2. The van der Waals surface area contributed by atoms with Gasteiger partial charge in [0.1, 0.15) is 12.5 Å². The van der Waals surface area contributed by atoms with E-state index in [2.05, 4.69) is 77.8 Å². The highest BCUT2D eigenvalue weighted by molar-refractivity contribution is 5.74. The minimum atomic E-state index is -0.680. The Balaban J connectivity index is 0.000000756. The standard InChI is InChI=1S/C32H41N5O3.C7H8/c1-4-35(3)37(32(40)33-24-27-14-8-5-9-15-27)31(36(26-39)22-23-38)25-34(2)21-20-30(28-16-10-6-11-17-28)29-18-12-7-13-19-29;1-7-5-3-2-4-6-7/h5-19,23,26,30-31H,4,20-22,24-25H2,1-3H3,(H,33,40);2-6H,1H3. The number of hydrazine groups is 1. The molecule has 0 saturated carbocycles. The molecule has 8 heteroatoms. The molecule has 47 heavy (non-hydrogen) atoms. The van der Waals surface area contributed by atoms with E-state index < -0.39 is 6.17 Å². The van der Waals surface area contributed by atoms with Crippen LogP contribution in [0.4, 0.5) is 4.79 Å². The van der Waals surface area contributed by atoms with Gasteiger partial charge in [0.25, 0.3) is 0 Å². The van der Waals surface area contributed by atoms with E-state index in [9.17, 15) is 14.4 Å². The molecule has 4 rings (SSSR count). The van der Waals surface area contributed by atoms with Crippen molar-refractivity contribution in [1.82, 2.24) is 25.1 Å². The van der Waals surface area contributed by atoms with Gasteiger partial charge >= 0.3 is 6.03 Å². The van der Waals surface area contributed by atoms with Crippen LogP contribution in [-0.2, 0) is 16.1 Å². The molecule has 0 aliphatic heterocycles. The lowest BCUT2D eigenvalue weighted by molar-refractivity contribution is -0.134. The Morgan fingerprint density at radius 2 is 1.28 bits per heavy atom. The van der Waals surface area contributed by atoms with Crippen molar-refractivity contribution in [2.45, 2.75) is 38.9 Å². The lowest BCUT2D eigenvalue weighted by Gasteiger charge is -2.43. The predicted octanol–water partition coefficient (Wildman–Crippen LogP) is 6.20. The quantitative estimate of drug-likeness (QED) is 0.0902. The van der Waals surface area contributed by atoms with Crippen LogP contribution < -0.4 is 5.32 Å². The van der Waals surface area contributed by atoms with Gasteiger partial charge in [-0.2, -0.15) is 0 Å². The SMILES string of the molecule is CCN(C)N(C(=O)NCc1ccccc1)C(CN(C)CCC(c1ccccc1)c1ccccc1)N(C=O)CC=O.Cc1ccccc1. The molecule has 1 unspecified atom stereocenters. The average molecular weight is 636 g/mol. The molecule has 0 radical (unpaired) electrons. The summed E-state index contributed by atoms with van der Waals surface area (Å²) in [6.07, 6.45) is 1.50. The molecule has 0 aromatic heterocycles. The van der Waals surface area contributed by atoms with Crippen LogP contribution in [0.2, 0.25) is 0 Å².